The minimum absolute atomic E-state index is 0.0496. The highest BCUT2D eigenvalue weighted by Crippen LogP contribution is 2.36. The van der Waals surface area contributed by atoms with Crippen LogP contribution in [0, 0.1) is 11.8 Å². The van der Waals surface area contributed by atoms with Gasteiger partial charge in [-0.2, -0.15) is 0 Å². The van der Waals surface area contributed by atoms with Gasteiger partial charge in [-0.15, -0.1) is 0 Å². The molecule has 20 heavy (non-hydrogen) atoms. The average Bonchev–Trinajstić information content (AvgIpc) is 2.96. The van der Waals surface area contributed by atoms with Gasteiger partial charge in [0.25, 0.3) is 0 Å². The molecule has 0 saturated heterocycles. The van der Waals surface area contributed by atoms with Crippen LogP contribution < -0.4 is 5.73 Å². The van der Waals surface area contributed by atoms with Gasteiger partial charge in [-0.1, -0.05) is 30.7 Å². The van der Waals surface area contributed by atoms with Crippen molar-refractivity contribution in [1.82, 2.24) is 0 Å². The quantitative estimate of drug-likeness (QED) is 0.917. The van der Waals surface area contributed by atoms with Crippen LogP contribution in [0.4, 0.5) is 0 Å². The monoisotopic (exact) mass is 273 g/mol. The lowest BCUT2D eigenvalue weighted by Gasteiger charge is -2.27. The molecule has 1 aliphatic heterocycles. The van der Waals surface area contributed by atoms with Crippen LogP contribution in [-0.2, 0) is 16.0 Å². The van der Waals surface area contributed by atoms with Crippen LogP contribution in [0.1, 0.15) is 42.9 Å². The van der Waals surface area contributed by atoms with E-state index in [-0.39, 0.29) is 12.0 Å². The van der Waals surface area contributed by atoms with Gasteiger partial charge in [0.15, 0.2) is 0 Å². The molecule has 1 aliphatic carbocycles. The van der Waals surface area contributed by atoms with Gasteiger partial charge in [-0.05, 0) is 42.9 Å². The number of hydrogen-bond donors (Lipinski definition) is 1. The fraction of sp³-hybridized carbons (Fsp3) is 0.588. The normalized spacial score (nSPS) is 29.1. The van der Waals surface area contributed by atoms with Crippen LogP contribution in [0.25, 0.3) is 0 Å². The van der Waals surface area contributed by atoms with Gasteiger partial charge in [0.2, 0.25) is 0 Å². The third-order valence-electron chi connectivity index (χ3n) is 4.85. The summed E-state index contributed by atoms with van der Waals surface area (Å²) in [4.78, 5) is 12.6. The molecule has 0 amide bonds. The summed E-state index contributed by atoms with van der Waals surface area (Å²) in [6.07, 6.45) is 4.67. The largest absolute Gasteiger partial charge is 0.373 e. The molecule has 1 fully saturated rings. The van der Waals surface area contributed by atoms with E-state index in [0.717, 1.165) is 32.3 Å². The summed E-state index contributed by atoms with van der Waals surface area (Å²) >= 11 is 0. The number of nitrogens with two attached hydrogens (primary N) is 1. The fourth-order valence-electron chi connectivity index (χ4n) is 3.72. The fourth-order valence-corrected chi connectivity index (χ4v) is 3.72. The van der Waals surface area contributed by atoms with Crippen molar-refractivity contribution < 1.29 is 9.53 Å². The molecule has 108 valence electrons. The molecule has 0 spiro atoms. The molecular formula is C17H23NO2. The molecule has 1 aromatic carbocycles. The summed E-state index contributed by atoms with van der Waals surface area (Å²) in [5.74, 6) is 0.902. The number of fused-ring (bicyclic) bond motifs is 1. The maximum atomic E-state index is 12.6. The summed E-state index contributed by atoms with van der Waals surface area (Å²) in [5.41, 5.74) is 8.32. The van der Waals surface area contributed by atoms with Gasteiger partial charge >= 0.3 is 0 Å². The van der Waals surface area contributed by atoms with Crippen LogP contribution in [0.2, 0.25) is 0 Å². The van der Waals surface area contributed by atoms with E-state index in [0.29, 0.717) is 24.7 Å². The lowest BCUT2D eigenvalue weighted by Crippen LogP contribution is -2.28. The number of benzene rings is 1. The van der Waals surface area contributed by atoms with Crippen LogP contribution in [0.15, 0.2) is 24.3 Å². The lowest BCUT2D eigenvalue weighted by molar-refractivity contribution is -0.127. The zero-order valence-electron chi connectivity index (χ0n) is 11.9. The van der Waals surface area contributed by atoms with Crippen LogP contribution >= 0.6 is 0 Å². The molecule has 1 aromatic rings. The van der Waals surface area contributed by atoms with E-state index in [1.54, 1.807) is 0 Å². The van der Waals surface area contributed by atoms with E-state index in [1.807, 2.05) is 6.07 Å². The van der Waals surface area contributed by atoms with Gasteiger partial charge in [0.1, 0.15) is 5.78 Å². The molecule has 3 nitrogen and oxygen atoms in total. The second-order valence-electron chi connectivity index (χ2n) is 6.01. The molecule has 1 saturated carbocycles. The Morgan fingerprint density at radius 2 is 2.15 bits per heavy atom. The molecule has 3 unspecified atom stereocenters. The molecule has 1 heterocycles. The standard InChI is InChI=1S/C17H23NO2/c18-11-13-5-3-7-14(13)16(19)10-17-15-6-2-1-4-12(15)8-9-20-17/h1-2,4,6,13-14,17H,3,5,7-11,18H2. The van der Waals surface area contributed by atoms with Crippen LogP contribution in [0.5, 0.6) is 0 Å². The van der Waals surface area contributed by atoms with Crippen molar-refractivity contribution in [3.8, 4) is 0 Å². The molecule has 0 radical (unpaired) electrons. The van der Waals surface area contributed by atoms with Gasteiger partial charge in [-0.3, -0.25) is 4.79 Å². The molecular weight excluding hydrogens is 250 g/mol. The first-order valence-electron chi connectivity index (χ1n) is 7.71. The summed E-state index contributed by atoms with van der Waals surface area (Å²) in [7, 11) is 0. The van der Waals surface area contributed by atoms with Crippen molar-refractivity contribution >= 4 is 5.78 Å². The van der Waals surface area contributed by atoms with Crippen molar-refractivity contribution in [3.63, 3.8) is 0 Å². The minimum atomic E-state index is -0.0496. The van der Waals surface area contributed by atoms with Crippen molar-refractivity contribution in [3.05, 3.63) is 35.4 Å². The van der Waals surface area contributed by atoms with E-state index >= 15 is 0 Å². The highest BCUT2D eigenvalue weighted by atomic mass is 16.5. The summed E-state index contributed by atoms with van der Waals surface area (Å²) < 4.78 is 5.85. The maximum absolute atomic E-state index is 12.6. The zero-order chi connectivity index (χ0) is 13.9. The third-order valence-corrected chi connectivity index (χ3v) is 4.85. The number of ether oxygens (including phenoxy) is 1. The number of hydrogen-bond acceptors (Lipinski definition) is 3. The highest BCUT2D eigenvalue weighted by Gasteiger charge is 2.34. The van der Waals surface area contributed by atoms with E-state index < -0.39 is 0 Å². The zero-order valence-corrected chi connectivity index (χ0v) is 11.9. The average molecular weight is 273 g/mol. The second kappa shape index (κ2) is 6.06. The topological polar surface area (TPSA) is 52.3 Å². The molecule has 3 atom stereocenters. The first-order chi connectivity index (χ1) is 9.79. The smallest absolute Gasteiger partial charge is 0.139 e. The molecule has 0 bridgehead atoms. The van der Waals surface area contributed by atoms with Crippen molar-refractivity contribution in [2.45, 2.75) is 38.2 Å². The number of rotatable bonds is 4. The lowest BCUT2D eigenvalue weighted by atomic mass is 9.86. The number of carbonyl (C=O) groups excluding carboxylic acids is 1. The maximum Gasteiger partial charge on any atom is 0.139 e. The Bertz CT molecular complexity index is 486. The van der Waals surface area contributed by atoms with E-state index in [9.17, 15) is 4.79 Å². The Morgan fingerprint density at radius 1 is 1.30 bits per heavy atom. The van der Waals surface area contributed by atoms with Crippen molar-refractivity contribution in [1.29, 1.82) is 0 Å². The van der Waals surface area contributed by atoms with E-state index in [2.05, 4.69) is 18.2 Å². The molecule has 0 aromatic heterocycles. The van der Waals surface area contributed by atoms with E-state index in [1.165, 1.54) is 11.1 Å². The minimum Gasteiger partial charge on any atom is -0.373 e. The number of carbonyl (C=O) groups is 1. The molecule has 3 rings (SSSR count). The second-order valence-corrected chi connectivity index (χ2v) is 6.01. The third kappa shape index (κ3) is 2.65. The number of ketones is 1. The Labute approximate surface area is 120 Å². The Hall–Kier alpha value is -1.19. The number of Topliss-reactive ketones (excluding diaryl/α,β-unsaturated/α-hetero) is 1. The van der Waals surface area contributed by atoms with Gasteiger partial charge < -0.3 is 10.5 Å². The van der Waals surface area contributed by atoms with Crippen LogP contribution in [0.3, 0.4) is 0 Å². The van der Waals surface area contributed by atoms with Gasteiger partial charge in [0, 0.05) is 12.3 Å². The van der Waals surface area contributed by atoms with Crippen molar-refractivity contribution in [2.75, 3.05) is 13.2 Å². The molecule has 2 N–H and O–H groups in total. The Morgan fingerprint density at radius 3 is 3.00 bits per heavy atom. The van der Waals surface area contributed by atoms with Crippen LogP contribution in [-0.4, -0.2) is 18.9 Å². The summed E-state index contributed by atoms with van der Waals surface area (Å²) in [6.45, 7) is 1.36. The Balaban J connectivity index is 1.71. The molecule has 2 aliphatic rings. The first kappa shape index (κ1) is 13.8. The molecule has 3 heteroatoms. The predicted molar refractivity (Wildman–Crippen MR) is 78.3 cm³/mol. The van der Waals surface area contributed by atoms with Crippen molar-refractivity contribution in [2.24, 2.45) is 17.6 Å². The van der Waals surface area contributed by atoms with E-state index in [4.69, 9.17) is 10.5 Å². The SMILES string of the molecule is NCC1CCCC1C(=O)CC1OCCc2ccccc21. The predicted octanol–water partition coefficient (Wildman–Crippen LogP) is 2.63. The van der Waals surface area contributed by atoms with Gasteiger partial charge in [-0.25, -0.2) is 0 Å². The highest BCUT2D eigenvalue weighted by molar-refractivity contribution is 5.82. The Kier molecular flexibility index (Phi) is 4.18. The summed E-state index contributed by atoms with van der Waals surface area (Å²) in [5, 5.41) is 0. The van der Waals surface area contributed by atoms with Gasteiger partial charge in [0.05, 0.1) is 12.7 Å². The summed E-state index contributed by atoms with van der Waals surface area (Å²) in [6, 6.07) is 8.34. The first-order valence-corrected chi connectivity index (χ1v) is 7.71.